The molecule has 2 heterocycles. The molecule has 0 saturated heterocycles. The molecular formula is C20H18N4O2. The lowest BCUT2D eigenvalue weighted by Crippen LogP contribution is -2.22. The summed E-state index contributed by atoms with van der Waals surface area (Å²) in [5.74, 6) is 1.34. The Morgan fingerprint density at radius 1 is 0.923 bits per heavy atom. The van der Waals surface area contributed by atoms with E-state index in [1.807, 2.05) is 68.4 Å². The van der Waals surface area contributed by atoms with Crippen molar-refractivity contribution in [2.45, 2.75) is 13.8 Å². The van der Waals surface area contributed by atoms with Crippen molar-refractivity contribution >= 4 is 11.0 Å². The van der Waals surface area contributed by atoms with E-state index in [1.165, 1.54) is 0 Å². The van der Waals surface area contributed by atoms with E-state index < -0.39 is 0 Å². The first-order valence-electron chi connectivity index (χ1n) is 8.29. The Morgan fingerprint density at radius 3 is 2.27 bits per heavy atom. The molecule has 0 aliphatic heterocycles. The minimum atomic E-state index is -0.127. The molecule has 4 aromatic rings. The van der Waals surface area contributed by atoms with Crippen LogP contribution in [0.15, 0.2) is 59.4 Å². The lowest BCUT2D eigenvalue weighted by atomic mass is 10.2. The van der Waals surface area contributed by atoms with Crippen LogP contribution in [0.4, 0.5) is 0 Å². The number of aryl methyl sites for hydroxylation is 2. The van der Waals surface area contributed by atoms with E-state index in [1.54, 1.807) is 16.4 Å². The van der Waals surface area contributed by atoms with Crippen LogP contribution < -0.4 is 10.3 Å². The fourth-order valence-corrected chi connectivity index (χ4v) is 3.12. The highest BCUT2D eigenvalue weighted by Gasteiger charge is 2.18. The van der Waals surface area contributed by atoms with Crippen molar-refractivity contribution in [3.63, 3.8) is 0 Å². The molecule has 0 saturated carbocycles. The van der Waals surface area contributed by atoms with Gasteiger partial charge in [-0.1, -0.05) is 18.2 Å². The van der Waals surface area contributed by atoms with E-state index >= 15 is 0 Å². The van der Waals surface area contributed by atoms with E-state index in [0.29, 0.717) is 22.6 Å². The van der Waals surface area contributed by atoms with Crippen LogP contribution in [0.5, 0.6) is 5.75 Å². The van der Waals surface area contributed by atoms with Crippen molar-refractivity contribution in [3.05, 3.63) is 76.5 Å². The Labute approximate surface area is 150 Å². The number of methoxy groups -OCH3 is 1. The summed E-state index contributed by atoms with van der Waals surface area (Å²) in [5.41, 5.74) is 2.72. The number of fused-ring (bicyclic) bond motifs is 1. The molecule has 4 rings (SSSR count). The van der Waals surface area contributed by atoms with Crippen LogP contribution in [0.25, 0.3) is 22.4 Å². The summed E-state index contributed by atoms with van der Waals surface area (Å²) in [6, 6.07) is 17.0. The number of hydrogen-bond acceptors (Lipinski definition) is 4. The highest BCUT2D eigenvalue weighted by atomic mass is 16.5. The third-order valence-corrected chi connectivity index (χ3v) is 4.38. The highest BCUT2D eigenvalue weighted by Crippen LogP contribution is 2.20. The van der Waals surface area contributed by atoms with Gasteiger partial charge in [-0.25, -0.2) is 9.67 Å². The molecular weight excluding hydrogens is 328 g/mol. The molecule has 6 heteroatoms. The van der Waals surface area contributed by atoms with E-state index in [-0.39, 0.29) is 5.56 Å². The van der Waals surface area contributed by atoms with E-state index in [9.17, 15) is 4.79 Å². The lowest BCUT2D eigenvalue weighted by Gasteiger charge is -2.11. The molecule has 6 nitrogen and oxygen atoms in total. The van der Waals surface area contributed by atoms with Gasteiger partial charge in [0.2, 0.25) is 0 Å². The monoisotopic (exact) mass is 346 g/mol. The molecule has 0 radical (unpaired) electrons. The Hall–Kier alpha value is -3.41. The first-order valence-corrected chi connectivity index (χ1v) is 8.29. The fourth-order valence-electron chi connectivity index (χ4n) is 3.12. The SMILES string of the molecule is COc1ccc(-n2c(C)nc3c(c(C)nn3-c3ccccc3)c2=O)cc1. The lowest BCUT2D eigenvalue weighted by molar-refractivity contribution is 0.414. The highest BCUT2D eigenvalue weighted by molar-refractivity contribution is 5.79. The van der Waals surface area contributed by atoms with Gasteiger partial charge in [-0.3, -0.25) is 9.36 Å². The molecule has 0 bridgehead atoms. The third kappa shape index (κ3) is 2.47. The van der Waals surface area contributed by atoms with Gasteiger partial charge in [0.25, 0.3) is 5.56 Å². The molecule has 0 N–H and O–H groups in total. The third-order valence-electron chi connectivity index (χ3n) is 4.38. The Balaban J connectivity index is 1.98. The number of para-hydroxylation sites is 1. The van der Waals surface area contributed by atoms with E-state index in [4.69, 9.17) is 4.74 Å². The second-order valence-electron chi connectivity index (χ2n) is 6.03. The van der Waals surface area contributed by atoms with Crippen LogP contribution in [-0.2, 0) is 0 Å². The van der Waals surface area contributed by atoms with E-state index in [0.717, 1.165) is 17.1 Å². The summed E-state index contributed by atoms with van der Waals surface area (Å²) in [7, 11) is 1.61. The van der Waals surface area contributed by atoms with Gasteiger partial charge in [-0.05, 0) is 50.2 Å². The molecule has 2 aromatic heterocycles. The number of benzene rings is 2. The fraction of sp³-hybridized carbons (Fsp3) is 0.150. The first-order chi connectivity index (χ1) is 12.6. The topological polar surface area (TPSA) is 61.9 Å². The molecule has 0 unspecified atom stereocenters. The maximum atomic E-state index is 13.2. The van der Waals surface area contributed by atoms with Crippen LogP contribution in [-0.4, -0.2) is 26.4 Å². The number of hydrogen-bond donors (Lipinski definition) is 0. The zero-order chi connectivity index (χ0) is 18.3. The van der Waals surface area contributed by atoms with Crippen molar-refractivity contribution in [1.29, 1.82) is 0 Å². The van der Waals surface area contributed by atoms with Crippen molar-refractivity contribution in [1.82, 2.24) is 19.3 Å². The summed E-state index contributed by atoms with van der Waals surface area (Å²) in [6.45, 7) is 3.65. The molecule has 0 amide bonds. The van der Waals surface area contributed by atoms with Crippen LogP contribution in [0.1, 0.15) is 11.5 Å². The van der Waals surface area contributed by atoms with Crippen molar-refractivity contribution in [3.8, 4) is 17.1 Å². The molecule has 0 spiro atoms. The van der Waals surface area contributed by atoms with Crippen molar-refractivity contribution in [2.24, 2.45) is 0 Å². The van der Waals surface area contributed by atoms with Gasteiger partial charge < -0.3 is 4.74 Å². The summed E-state index contributed by atoms with van der Waals surface area (Å²) in [6.07, 6.45) is 0. The molecule has 0 atom stereocenters. The maximum absolute atomic E-state index is 13.2. The molecule has 2 aromatic carbocycles. The molecule has 26 heavy (non-hydrogen) atoms. The maximum Gasteiger partial charge on any atom is 0.269 e. The summed E-state index contributed by atoms with van der Waals surface area (Å²) >= 11 is 0. The number of nitrogens with zero attached hydrogens (tertiary/aromatic N) is 4. The Morgan fingerprint density at radius 2 is 1.62 bits per heavy atom. The molecule has 0 aliphatic rings. The van der Waals surface area contributed by atoms with Gasteiger partial charge in [0, 0.05) is 0 Å². The Kier molecular flexibility index (Phi) is 3.80. The minimum Gasteiger partial charge on any atom is -0.497 e. The van der Waals surface area contributed by atoms with Gasteiger partial charge >= 0.3 is 0 Å². The summed E-state index contributed by atoms with van der Waals surface area (Å²) < 4.78 is 8.51. The second-order valence-corrected chi connectivity index (χ2v) is 6.03. The average molecular weight is 346 g/mol. The average Bonchev–Trinajstić information content (AvgIpc) is 2.99. The quantitative estimate of drug-likeness (QED) is 0.571. The van der Waals surface area contributed by atoms with E-state index in [2.05, 4.69) is 10.1 Å². The van der Waals surface area contributed by atoms with Gasteiger partial charge in [0.1, 0.15) is 17.0 Å². The summed E-state index contributed by atoms with van der Waals surface area (Å²) in [4.78, 5) is 17.9. The summed E-state index contributed by atoms with van der Waals surface area (Å²) in [5, 5.41) is 5.07. The minimum absolute atomic E-state index is 0.127. The number of aromatic nitrogens is 4. The van der Waals surface area contributed by atoms with Crippen molar-refractivity contribution < 1.29 is 4.74 Å². The molecule has 0 aliphatic carbocycles. The van der Waals surface area contributed by atoms with Crippen LogP contribution in [0.2, 0.25) is 0 Å². The zero-order valence-corrected chi connectivity index (χ0v) is 14.8. The smallest absolute Gasteiger partial charge is 0.269 e. The normalized spacial score (nSPS) is 11.0. The van der Waals surface area contributed by atoms with Crippen molar-refractivity contribution in [2.75, 3.05) is 7.11 Å². The van der Waals surface area contributed by atoms with Gasteiger partial charge in [-0.15, -0.1) is 0 Å². The largest absolute Gasteiger partial charge is 0.497 e. The van der Waals surface area contributed by atoms with Crippen LogP contribution in [0, 0.1) is 13.8 Å². The van der Waals surface area contributed by atoms with Crippen LogP contribution >= 0.6 is 0 Å². The predicted molar refractivity (Wildman–Crippen MR) is 100 cm³/mol. The number of ether oxygens (including phenoxy) is 1. The van der Waals surface area contributed by atoms with Gasteiger partial charge in [0.15, 0.2) is 5.65 Å². The second kappa shape index (κ2) is 6.15. The van der Waals surface area contributed by atoms with Crippen LogP contribution in [0.3, 0.4) is 0 Å². The molecule has 130 valence electrons. The number of rotatable bonds is 3. The molecule has 0 fully saturated rings. The predicted octanol–water partition coefficient (Wildman–Crippen LogP) is 3.20. The van der Waals surface area contributed by atoms with Gasteiger partial charge in [-0.2, -0.15) is 5.10 Å². The standard InChI is InChI=1S/C20H18N4O2/c1-13-18-19(24(22-13)16-7-5-4-6-8-16)21-14(2)23(20(18)25)15-9-11-17(26-3)12-10-15/h4-12H,1-3H3. The van der Waals surface area contributed by atoms with Gasteiger partial charge in [0.05, 0.1) is 24.2 Å². The first kappa shape index (κ1) is 16.1. The zero-order valence-electron chi connectivity index (χ0n) is 14.8. The Bertz CT molecular complexity index is 1140.